The summed E-state index contributed by atoms with van der Waals surface area (Å²) in [6.07, 6.45) is 10.5. The number of hydrogen-bond donors (Lipinski definition) is 1. The first kappa shape index (κ1) is 21.7. The lowest BCUT2D eigenvalue weighted by atomic mass is 9.79. The summed E-state index contributed by atoms with van der Waals surface area (Å²) in [7, 11) is 0. The number of unbranched alkanes of at least 4 members (excludes halogenated alkanes) is 2. The molecule has 0 aromatic heterocycles. The molecule has 0 spiro atoms. The van der Waals surface area contributed by atoms with E-state index in [1.807, 2.05) is 23.9 Å². The molecule has 0 aliphatic carbocycles. The molecular formula is C26H32O2S. The van der Waals surface area contributed by atoms with Gasteiger partial charge in [0.2, 0.25) is 0 Å². The molecule has 1 aliphatic heterocycles. The molecule has 29 heavy (non-hydrogen) atoms. The summed E-state index contributed by atoms with van der Waals surface area (Å²) in [6.45, 7) is 6.97. The Balaban J connectivity index is 1.86. The van der Waals surface area contributed by atoms with Gasteiger partial charge in [-0.3, -0.25) is 0 Å². The summed E-state index contributed by atoms with van der Waals surface area (Å²) in [5.74, 6) is 0.701. The van der Waals surface area contributed by atoms with Gasteiger partial charge in [-0.05, 0) is 58.9 Å². The number of carboxylic acids is 1. The van der Waals surface area contributed by atoms with Crippen LogP contribution >= 0.6 is 11.8 Å². The molecule has 2 aromatic rings. The van der Waals surface area contributed by atoms with Gasteiger partial charge < -0.3 is 5.11 Å². The van der Waals surface area contributed by atoms with E-state index in [1.165, 1.54) is 47.5 Å². The molecule has 1 aliphatic rings. The van der Waals surface area contributed by atoms with Crippen molar-refractivity contribution >= 4 is 23.8 Å². The van der Waals surface area contributed by atoms with Gasteiger partial charge in [0, 0.05) is 10.8 Å². The van der Waals surface area contributed by atoms with Crippen LogP contribution in [-0.2, 0) is 5.41 Å². The van der Waals surface area contributed by atoms with Crippen molar-refractivity contribution in [2.45, 2.75) is 69.1 Å². The van der Waals surface area contributed by atoms with Crippen LogP contribution in [0.15, 0.2) is 53.4 Å². The first-order valence-electron chi connectivity index (χ1n) is 10.7. The number of aromatic carboxylic acids is 1. The van der Waals surface area contributed by atoms with Crippen molar-refractivity contribution < 1.29 is 9.90 Å². The lowest BCUT2D eigenvalue weighted by molar-refractivity contribution is 0.0697. The summed E-state index contributed by atoms with van der Waals surface area (Å²) >= 11 is 1.98. The molecule has 1 unspecified atom stereocenters. The minimum Gasteiger partial charge on any atom is -0.478 e. The molecule has 154 valence electrons. The second kappa shape index (κ2) is 9.67. The average Bonchev–Trinajstić information content (AvgIpc) is 2.70. The number of rotatable bonds is 8. The Morgan fingerprint density at radius 2 is 1.93 bits per heavy atom. The summed E-state index contributed by atoms with van der Waals surface area (Å²) in [6, 6.07) is 14.2. The first-order chi connectivity index (χ1) is 13.9. The van der Waals surface area contributed by atoms with E-state index in [9.17, 15) is 4.79 Å². The van der Waals surface area contributed by atoms with Crippen molar-refractivity contribution in [1.29, 1.82) is 0 Å². The lowest BCUT2D eigenvalue weighted by Gasteiger charge is -2.33. The minimum absolute atomic E-state index is 0.237. The average molecular weight is 409 g/mol. The van der Waals surface area contributed by atoms with Crippen molar-refractivity contribution in [1.82, 2.24) is 0 Å². The van der Waals surface area contributed by atoms with Crippen molar-refractivity contribution in [2.24, 2.45) is 0 Å². The van der Waals surface area contributed by atoms with Crippen LogP contribution < -0.4 is 0 Å². The fraction of sp³-hybridized carbons (Fsp3) is 0.423. The number of carbonyl (C=O) groups is 1. The molecule has 3 rings (SSSR count). The SMILES string of the molecule is CCCCCC(/C=C/c1ccc(C(=O)O)cc1)c1ccc2c(c1)C(C)(C)CCS2. The molecule has 0 bridgehead atoms. The van der Waals surface area contributed by atoms with Gasteiger partial charge in [-0.2, -0.15) is 0 Å². The Morgan fingerprint density at radius 3 is 2.62 bits per heavy atom. The first-order valence-corrected chi connectivity index (χ1v) is 11.7. The highest BCUT2D eigenvalue weighted by molar-refractivity contribution is 7.99. The molecule has 0 saturated heterocycles. The van der Waals surface area contributed by atoms with Gasteiger partial charge in [0.25, 0.3) is 0 Å². The van der Waals surface area contributed by atoms with Gasteiger partial charge in [0.15, 0.2) is 0 Å². The zero-order chi connectivity index (χ0) is 20.9. The van der Waals surface area contributed by atoms with Gasteiger partial charge in [-0.1, -0.05) is 76.5 Å². The number of thioether (sulfide) groups is 1. The molecule has 0 amide bonds. The Kier molecular flexibility index (Phi) is 7.23. The highest BCUT2D eigenvalue weighted by Crippen LogP contribution is 2.43. The third-order valence-corrected chi connectivity index (χ3v) is 7.02. The van der Waals surface area contributed by atoms with E-state index in [2.05, 4.69) is 51.1 Å². The van der Waals surface area contributed by atoms with Gasteiger partial charge in [-0.25, -0.2) is 4.79 Å². The molecular weight excluding hydrogens is 376 g/mol. The van der Waals surface area contributed by atoms with Gasteiger partial charge in [-0.15, -0.1) is 11.8 Å². The maximum absolute atomic E-state index is 11.1. The maximum atomic E-state index is 11.1. The second-order valence-corrected chi connectivity index (χ2v) is 9.76. The van der Waals surface area contributed by atoms with Crippen molar-refractivity contribution in [2.75, 3.05) is 5.75 Å². The molecule has 0 fully saturated rings. The predicted octanol–water partition coefficient (Wildman–Crippen LogP) is 7.54. The van der Waals surface area contributed by atoms with Crippen molar-refractivity contribution in [3.05, 3.63) is 70.8 Å². The highest BCUT2D eigenvalue weighted by Gasteiger charge is 2.28. The van der Waals surface area contributed by atoms with E-state index in [1.54, 1.807) is 12.1 Å². The smallest absolute Gasteiger partial charge is 0.335 e. The van der Waals surface area contributed by atoms with E-state index in [-0.39, 0.29) is 5.41 Å². The van der Waals surface area contributed by atoms with Gasteiger partial charge >= 0.3 is 5.97 Å². The van der Waals surface area contributed by atoms with E-state index < -0.39 is 5.97 Å². The maximum Gasteiger partial charge on any atom is 0.335 e. The second-order valence-electron chi connectivity index (χ2n) is 8.63. The van der Waals surface area contributed by atoms with Crippen LogP contribution in [0.3, 0.4) is 0 Å². The van der Waals surface area contributed by atoms with Crippen molar-refractivity contribution in [3.8, 4) is 0 Å². The third-order valence-electron chi connectivity index (χ3n) is 5.94. The number of fused-ring (bicyclic) bond motifs is 1. The monoisotopic (exact) mass is 408 g/mol. The molecule has 1 heterocycles. The highest BCUT2D eigenvalue weighted by atomic mass is 32.2. The molecule has 1 atom stereocenters. The number of allylic oxidation sites excluding steroid dienone is 1. The fourth-order valence-corrected chi connectivity index (χ4v) is 5.42. The molecule has 2 nitrogen and oxygen atoms in total. The number of carboxylic acid groups (broad SMARTS) is 1. The molecule has 2 aromatic carbocycles. The standard InChI is InChI=1S/C26H32O2S/c1-4-5-6-7-20(11-8-19-9-12-21(13-10-19)25(27)28)22-14-15-24-23(18-22)26(2,3)16-17-29-24/h8-15,18,20H,4-7,16-17H2,1-3H3,(H,27,28)/b11-8+. The molecule has 0 radical (unpaired) electrons. The summed E-state index contributed by atoms with van der Waals surface area (Å²) in [5, 5.41) is 9.08. The number of hydrogen-bond acceptors (Lipinski definition) is 2. The van der Waals surface area contributed by atoms with Crippen LogP contribution in [0, 0.1) is 0 Å². The van der Waals surface area contributed by atoms with E-state index >= 15 is 0 Å². The topological polar surface area (TPSA) is 37.3 Å². The molecule has 3 heteroatoms. The van der Waals surface area contributed by atoms with Crippen molar-refractivity contribution in [3.63, 3.8) is 0 Å². The van der Waals surface area contributed by atoms with E-state index in [0.29, 0.717) is 11.5 Å². The fourth-order valence-electron chi connectivity index (χ4n) is 3.94. The summed E-state index contributed by atoms with van der Waals surface area (Å²) in [5.41, 5.74) is 4.50. The molecule has 0 saturated carbocycles. The zero-order valence-electron chi connectivity index (χ0n) is 17.8. The zero-order valence-corrected chi connectivity index (χ0v) is 18.6. The van der Waals surface area contributed by atoms with Gasteiger partial charge in [0.1, 0.15) is 0 Å². The minimum atomic E-state index is -0.882. The lowest BCUT2D eigenvalue weighted by Crippen LogP contribution is -2.23. The summed E-state index contributed by atoms with van der Waals surface area (Å²) in [4.78, 5) is 12.5. The third kappa shape index (κ3) is 5.54. The Labute approximate surface area is 179 Å². The van der Waals surface area contributed by atoms with E-state index in [0.717, 1.165) is 12.0 Å². The van der Waals surface area contributed by atoms with Gasteiger partial charge in [0.05, 0.1) is 5.56 Å². The Bertz CT molecular complexity index is 865. The normalized spacial score (nSPS) is 16.5. The summed E-state index contributed by atoms with van der Waals surface area (Å²) < 4.78 is 0. The largest absolute Gasteiger partial charge is 0.478 e. The quantitative estimate of drug-likeness (QED) is 0.458. The van der Waals surface area contributed by atoms with Crippen LogP contribution in [0.2, 0.25) is 0 Å². The van der Waals surface area contributed by atoms with Crippen LogP contribution in [0.5, 0.6) is 0 Å². The molecule has 1 N–H and O–H groups in total. The Hall–Kier alpha value is -2.00. The van der Waals surface area contributed by atoms with Crippen LogP contribution in [-0.4, -0.2) is 16.8 Å². The predicted molar refractivity (Wildman–Crippen MR) is 124 cm³/mol. The number of benzene rings is 2. The Morgan fingerprint density at radius 1 is 1.17 bits per heavy atom. The van der Waals surface area contributed by atoms with Crippen LogP contribution in [0.4, 0.5) is 0 Å². The van der Waals surface area contributed by atoms with Crippen LogP contribution in [0.25, 0.3) is 6.08 Å². The van der Waals surface area contributed by atoms with E-state index in [4.69, 9.17) is 5.11 Å². The van der Waals surface area contributed by atoms with Crippen LogP contribution in [0.1, 0.15) is 85.8 Å².